The number of benzene rings is 4. The fraction of sp³-hybridized carbons (Fsp3) is 0.442. The van der Waals surface area contributed by atoms with E-state index in [4.69, 9.17) is 23.9 Å². The van der Waals surface area contributed by atoms with E-state index in [0.29, 0.717) is 25.6 Å². The lowest BCUT2D eigenvalue weighted by Gasteiger charge is -2.36. The monoisotopic (exact) mass is 795 g/mol. The molecule has 2 aliphatic rings. The number of hydrogen-bond acceptors (Lipinski definition) is 7. The van der Waals surface area contributed by atoms with Gasteiger partial charge in [-0.25, -0.2) is 0 Å². The van der Waals surface area contributed by atoms with Gasteiger partial charge in [-0.2, -0.15) is 0 Å². The molecule has 0 amide bonds. The molecule has 2 unspecified atom stereocenters. The quantitative estimate of drug-likeness (QED) is 0.0826. The van der Waals surface area contributed by atoms with Gasteiger partial charge in [0.2, 0.25) is 0 Å². The molecule has 0 N–H and O–H groups in total. The molecule has 0 saturated carbocycles. The Hall–Kier alpha value is -4.53. The van der Waals surface area contributed by atoms with Crippen LogP contribution in [-0.4, -0.2) is 93.7 Å². The average Bonchev–Trinajstić information content (AvgIpc) is 3.26. The molecule has 3 heterocycles. The Balaban J connectivity index is 1.35. The smallest absolute Gasteiger partial charge is 0.126 e. The molecule has 0 aliphatic carbocycles. The second-order valence-corrected chi connectivity index (χ2v) is 16.9. The summed E-state index contributed by atoms with van der Waals surface area (Å²) in [4.78, 5) is 9.90. The predicted molar refractivity (Wildman–Crippen MR) is 239 cm³/mol. The summed E-state index contributed by atoms with van der Waals surface area (Å²) >= 11 is 0. The van der Waals surface area contributed by atoms with Gasteiger partial charge >= 0.3 is 0 Å². The molecule has 0 radical (unpaired) electrons. The van der Waals surface area contributed by atoms with Crippen molar-refractivity contribution in [2.75, 3.05) is 78.9 Å². The maximum Gasteiger partial charge on any atom is 0.126 e. The number of nitrogens with zero attached hydrogens (tertiary/aromatic N) is 3. The first-order chi connectivity index (χ1) is 28.9. The summed E-state index contributed by atoms with van der Waals surface area (Å²) in [7, 11) is 0. The van der Waals surface area contributed by atoms with Crippen molar-refractivity contribution in [1.29, 1.82) is 0 Å². The molecular formula is C52H65N3O4. The van der Waals surface area contributed by atoms with E-state index in [-0.39, 0.29) is 17.8 Å². The molecule has 312 valence electrons. The largest absolute Gasteiger partial charge is 0.492 e. The second-order valence-electron chi connectivity index (χ2n) is 16.9. The highest BCUT2D eigenvalue weighted by Gasteiger charge is 2.33. The molecule has 7 nitrogen and oxygen atoms in total. The van der Waals surface area contributed by atoms with Crippen molar-refractivity contribution >= 4 is 0 Å². The molecule has 7 heteroatoms. The molecular weight excluding hydrogens is 731 g/mol. The minimum absolute atomic E-state index is 0.211. The lowest BCUT2D eigenvalue weighted by atomic mass is 9.69. The average molecular weight is 796 g/mol. The molecule has 5 aromatic rings. The summed E-state index contributed by atoms with van der Waals surface area (Å²) < 4.78 is 24.7. The van der Waals surface area contributed by atoms with E-state index >= 15 is 0 Å². The molecule has 59 heavy (non-hydrogen) atoms. The van der Waals surface area contributed by atoms with Crippen LogP contribution in [0.25, 0.3) is 0 Å². The summed E-state index contributed by atoms with van der Waals surface area (Å²) in [5.74, 6) is 2.93. The van der Waals surface area contributed by atoms with E-state index in [1.807, 2.05) is 12.3 Å². The van der Waals surface area contributed by atoms with Gasteiger partial charge in [0.1, 0.15) is 24.7 Å². The van der Waals surface area contributed by atoms with Gasteiger partial charge in [0, 0.05) is 75.6 Å². The number of ether oxygens (including phenoxy) is 4. The van der Waals surface area contributed by atoms with E-state index in [0.717, 1.165) is 95.7 Å². The third-order valence-corrected chi connectivity index (χ3v) is 12.1. The van der Waals surface area contributed by atoms with Crippen molar-refractivity contribution in [2.45, 2.75) is 64.7 Å². The number of aromatic nitrogens is 1. The van der Waals surface area contributed by atoms with Crippen LogP contribution < -0.4 is 9.47 Å². The molecule has 2 fully saturated rings. The Kier molecular flexibility index (Phi) is 15.6. The number of rotatable bonds is 19. The SMILES string of the molecule is CC(C)c1c(Cc2cc(OCCN3CCOCC3)ccn2)c(C(C(C)C)C(Cc2ccccc2)c2ccccc2)cc(Cc2ccccc2)c1OCCN1CCOCC1. The van der Waals surface area contributed by atoms with Gasteiger partial charge in [0.25, 0.3) is 0 Å². The third-order valence-electron chi connectivity index (χ3n) is 12.1. The molecule has 1 aromatic heterocycles. The summed E-state index contributed by atoms with van der Waals surface area (Å²) in [5, 5.41) is 0. The highest BCUT2D eigenvalue weighted by Crippen LogP contribution is 2.47. The maximum atomic E-state index is 7.11. The zero-order valence-electron chi connectivity index (χ0n) is 35.9. The number of pyridine rings is 1. The first-order valence-electron chi connectivity index (χ1n) is 22.0. The van der Waals surface area contributed by atoms with E-state index in [9.17, 15) is 0 Å². The summed E-state index contributed by atoms with van der Waals surface area (Å²) in [6, 6.07) is 39.8. The fourth-order valence-electron chi connectivity index (χ4n) is 9.13. The Morgan fingerprint density at radius 1 is 0.644 bits per heavy atom. The van der Waals surface area contributed by atoms with E-state index < -0.39 is 0 Å². The molecule has 2 aliphatic heterocycles. The van der Waals surface area contributed by atoms with Crippen LogP contribution in [0.2, 0.25) is 0 Å². The standard InChI is InChI=1S/C52H65N3O4/c1-39(2)50(47(43-18-12-7-13-19-43)35-42-16-10-6-11-17-42)48-36-44(34-41-14-8-5-9-15-41)52(59-33-27-55-24-30-57-31-25-55)51(40(3)4)49(48)38-45-37-46(20-21-53-45)58-32-26-54-22-28-56-29-23-54/h5-21,36-37,39-40,47,50H,22-35,38H2,1-4H3. The van der Waals surface area contributed by atoms with Crippen molar-refractivity contribution < 1.29 is 18.9 Å². The van der Waals surface area contributed by atoms with Crippen LogP contribution in [0.3, 0.4) is 0 Å². The van der Waals surface area contributed by atoms with Gasteiger partial charge in [0.05, 0.1) is 26.4 Å². The first kappa shape index (κ1) is 42.6. The minimum atomic E-state index is 0.211. The normalized spacial score (nSPS) is 16.3. The molecule has 2 saturated heterocycles. The van der Waals surface area contributed by atoms with Gasteiger partial charge in [-0.15, -0.1) is 0 Å². The van der Waals surface area contributed by atoms with E-state index in [2.05, 4.69) is 141 Å². The topological polar surface area (TPSA) is 56.3 Å². The zero-order valence-corrected chi connectivity index (χ0v) is 35.9. The van der Waals surface area contributed by atoms with Crippen LogP contribution in [-0.2, 0) is 28.7 Å². The molecule has 4 aromatic carbocycles. The highest BCUT2D eigenvalue weighted by molar-refractivity contribution is 5.57. The van der Waals surface area contributed by atoms with Crippen LogP contribution in [0.4, 0.5) is 0 Å². The van der Waals surface area contributed by atoms with Crippen molar-refractivity contribution in [2.24, 2.45) is 5.92 Å². The van der Waals surface area contributed by atoms with Crippen molar-refractivity contribution in [3.8, 4) is 11.5 Å². The van der Waals surface area contributed by atoms with E-state index in [1.165, 1.54) is 38.9 Å². The minimum Gasteiger partial charge on any atom is -0.492 e. The Labute approximate surface area is 353 Å². The van der Waals surface area contributed by atoms with E-state index in [1.54, 1.807) is 0 Å². The molecule has 0 bridgehead atoms. The van der Waals surface area contributed by atoms with Gasteiger partial charge < -0.3 is 18.9 Å². The molecule has 2 atom stereocenters. The first-order valence-corrected chi connectivity index (χ1v) is 22.0. The van der Waals surface area contributed by atoms with Gasteiger partial charge in [-0.1, -0.05) is 125 Å². The van der Waals surface area contributed by atoms with Crippen LogP contribution in [0.15, 0.2) is 115 Å². The van der Waals surface area contributed by atoms with Gasteiger partial charge in [-0.05, 0) is 69.5 Å². The van der Waals surface area contributed by atoms with Crippen LogP contribution in [0, 0.1) is 5.92 Å². The van der Waals surface area contributed by atoms with Crippen molar-refractivity contribution in [3.63, 3.8) is 0 Å². The Morgan fingerprint density at radius 2 is 1.22 bits per heavy atom. The van der Waals surface area contributed by atoms with Crippen molar-refractivity contribution in [3.05, 3.63) is 160 Å². The summed E-state index contributed by atoms with van der Waals surface area (Å²) in [6.07, 6.45) is 4.34. The Bertz CT molecular complexity index is 1990. The Morgan fingerprint density at radius 3 is 1.81 bits per heavy atom. The van der Waals surface area contributed by atoms with Crippen LogP contribution in [0.5, 0.6) is 11.5 Å². The fourth-order valence-corrected chi connectivity index (χ4v) is 9.13. The molecule has 7 rings (SSSR count). The lowest BCUT2D eigenvalue weighted by Crippen LogP contribution is -2.38. The van der Waals surface area contributed by atoms with Gasteiger partial charge in [-0.3, -0.25) is 14.8 Å². The van der Waals surface area contributed by atoms with Crippen molar-refractivity contribution in [1.82, 2.24) is 14.8 Å². The van der Waals surface area contributed by atoms with Crippen LogP contribution in [0.1, 0.15) is 90.1 Å². The number of morpholine rings is 2. The molecule has 0 spiro atoms. The summed E-state index contributed by atoms with van der Waals surface area (Å²) in [5.41, 5.74) is 10.3. The number of hydrogen-bond donors (Lipinski definition) is 0. The third kappa shape index (κ3) is 11.8. The second kappa shape index (κ2) is 21.6. The zero-order chi connectivity index (χ0) is 40.8. The maximum absolute atomic E-state index is 7.11. The highest BCUT2D eigenvalue weighted by atomic mass is 16.5. The van der Waals surface area contributed by atoms with Gasteiger partial charge in [0.15, 0.2) is 0 Å². The predicted octanol–water partition coefficient (Wildman–Crippen LogP) is 9.57. The lowest BCUT2D eigenvalue weighted by molar-refractivity contribution is 0.0321. The van der Waals surface area contributed by atoms with Crippen LogP contribution >= 0.6 is 0 Å². The summed E-state index contributed by atoms with van der Waals surface area (Å²) in [6.45, 7) is 19.4.